The van der Waals surface area contributed by atoms with E-state index in [9.17, 15) is 19.3 Å². The molecule has 0 aliphatic carbocycles. The molecule has 0 saturated heterocycles. The average molecular weight is 323 g/mol. The zero-order chi connectivity index (χ0) is 16.3. The Bertz CT molecular complexity index is 750. The third-order valence-electron chi connectivity index (χ3n) is 3.07. The van der Waals surface area contributed by atoms with Gasteiger partial charge in [-0.3, -0.25) is 14.9 Å². The highest BCUT2D eigenvalue weighted by atomic mass is 35.5. The number of nitro benzene ring substituents is 1. The number of hydrogen-bond acceptors (Lipinski definition) is 3. The lowest BCUT2D eigenvalue weighted by atomic mass is 10.1. The van der Waals surface area contributed by atoms with Crippen molar-refractivity contribution in [2.75, 3.05) is 5.32 Å². The topological polar surface area (TPSA) is 72.2 Å². The number of carbonyl (C=O) groups excluding carboxylic acids is 1. The van der Waals surface area contributed by atoms with Crippen LogP contribution < -0.4 is 5.32 Å². The Morgan fingerprint density at radius 1 is 1.32 bits per heavy atom. The van der Waals surface area contributed by atoms with E-state index in [2.05, 4.69) is 5.32 Å². The summed E-state index contributed by atoms with van der Waals surface area (Å²) in [4.78, 5) is 22.2. The van der Waals surface area contributed by atoms with Gasteiger partial charge in [0.15, 0.2) is 0 Å². The number of non-ortho nitro benzene ring substituents is 1. The van der Waals surface area contributed by atoms with Crippen molar-refractivity contribution in [2.24, 2.45) is 0 Å². The number of nitro groups is 1. The first-order valence-corrected chi connectivity index (χ1v) is 6.73. The van der Waals surface area contributed by atoms with Gasteiger partial charge in [-0.05, 0) is 30.2 Å². The molecule has 0 aromatic heterocycles. The maximum Gasteiger partial charge on any atom is 0.271 e. The predicted molar refractivity (Wildman–Crippen MR) is 81.6 cm³/mol. The van der Waals surface area contributed by atoms with Gasteiger partial charge in [0.05, 0.1) is 17.0 Å². The number of halogens is 2. The standard InChI is InChI=1S/C15H12ClFN2O3/c1-9-2-5-12(19(21)22)8-14(9)18-15(20)6-10-3-4-11(16)7-13(10)17/h2-5,7-8H,6H2,1H3,(H,18,20). The predicted octanol–water partition coefficient (Wildman–Crippen LogP) is 3.88. The quantitative estimate of drug-likeness (QED) is 0.686. The van der Waals surface area contributed by atoms with Crippen molar-refractivity contribution >= 4 is 28.9 Å². The number of benzene rings is 2. The third kappa shape index (κ3) is 3.79. The van der Waals surface area contributed by atoms with Crippen molar-refractivity contribution in [3.63, 3.8) is 0 Å². The number of aryl methyl sites for hydroxylation is 1. The molecule has 2 rings (SSSR count). The van der Waals surface area contributed by atoms with E-state index >= 15 is 0 Å². The Hall–Kier alpha value is -2.47. The van der Waals surface area contributed by atoms with Gasteiger partial charge in [-0.1, -0.05) is 23.7 Å². The Balaban J connectivity index is 2.15. The van der Waals surface area contributed by atoms with Crippen molar-refractivity contribution in [3.05, 3.63) is 68.5 Å². The first-order valence-electron chi connectivity index (χ1n) is 6.35. The van der Waals surface area contributed by atoms with Crippen LogP contribution >= 0.6 is 11.6 Å². The molecule has 114 valence electrons. The van der Waals surface area contributed by atoms with Gasteiger partial charge in [-0.2, -0.15) is 0 Å². The Kier molecular flexibility index (Phi) is 4.72. The molecule has 0 radical (unpaired) electrons. The molecule has 0 aliphatic rings. The minimum atomic E-state index is -0.571. The molecule has 0 bridgehead atoms. The Labute approximate surface area is 130 Å². The first-order chi connectivity index (χ1) is 10.4. The molecule has 1 amide bonds. The van der Waals surface area contributed by atoms with E-state index in [1.165, 1.54) is 30.3 Å². The van der Waals surface area contributed by atoms with E-state index in [-0.39, 0.29) is 22.7 Å². The van der Waals surface area contributed by atoms with Crippen LogP contribution in [0.1, 0.15) is 11.1 Å². The summed E-state index contributed by atoms with van der Waals surface area (Å²) in [7, 11) is 0. The Morgan fingerprint density at radius 2 is 2.05 bits per heavy atom. The van der Waals surface area contributed by atoms with Crippen LogP contribution in [0.15, 0.2) is 36.4 Å². The van der Waals surface area contributed by atoms with Crippen molar-refractivity contribution in [1.82, 2.24) is 0 Å². The van der Waals surface area contributed by atoms with Gasteiger partial charge >= 0.3 is 0 Å². The van der Waals surface area contributed by atoms with E-state index < -0.39 is 16.6 Å². The minimum absolute atomic E-state index is 0.126. The Morgan fingerprint density at radius 3 is 2.68 bits per heavy atom. The fraction of sp³-hybridized carbons (Fsp3) is 0.133. The van der Waals surface area contributed by atoms with Crippen LogP contribution in [0.2, 0.25) is 5.02 Å². The number of nitrogens with one attached hydrogen (secondary N) is 1. The molecule has 2 aromatic rings. The van der Waals surface area contributed by atoms with Crippen LogP contribution in [0.5, 0.6) is 0 Å². The molecule has 0 saturated carbocycles. The number of nitrogens with zero attached hydrogens (tertiary/aromatic N) is 1. The van der Waals surface area contributed by atoms with Crippen molar-refractivity contribution in [1.29, 1.82) is 0 Å². The molecule has 5 nitrogen and oxygen atoms in total. The molecule has 0 unspecified atom stereocenters. The summed E-state index contributed by atoms with van der Waals surface area (Å²) in [5, 5.41) is 13.5. The molecular formula is C15H12ClFN2O3. The number of carbonyl (C=O) groups is 1. The molecule has 1 N–H and O–H groups in total. The maximum absolute atomic E-state index is 13.6. The van der Waals surface area contributed by atoms with E-state index in [0.717, 1.165) is 6.07 Å². The normalized spacial score (nSPS) is 10.3. The van der Waals surface area contributed by atoms with Crippen molar-refractivity contribution in [2.45, 2.75) is 13.3 Å². The van der Waals surface area contributed by atoms with Crippen LogP contribution in [0.4, 0.5) is 15.8 Å². The van der Waals surface area contributed by atoms with Crippen LogP contribution in [0, 0.1) is 22.9 Å². The fourth-order valence-corrected chi connectivity index (χ4v) is 2.05. The fourth-order valence-electron chi connectivity index (χ4n) is 1.89. The van der Waals surface area contributed by atoms with E-state index in [1.807, 2.05) is 0 Å². The number of rotatable bonds is 4. The van der Waals surface area contributed by atoms with Crippen LogP contribution in [0.3, 0.4) is 0 Å². The van der Waals surface area contributed by atoms with Crippen LogP contribution in [0.25, 0.3) is 0 Å². The highest BCUT2D eigenvalue weighted by Crippen LogP contribution is 2.22. The van der Waals surface area contributed by atoms with Crippen molar-refractivity contribution < 1.29 is 14.1 Å². The molecular weight excluding hydrogens is 311 g/mol. The lowest BCUT2D eigenvalue weighted by molar-refractivity contribution is -0.384. The second-order valence-corrected chi connectivity index (χ2v) is 5.15. The van der Waals surface area contributed by atoms with Gasteiger partial charge in [0.2, 0.25) is 5.91 Å². The average Bonchev–Trinajstić information content (AvgIpc) is 2.44. The molecule has 0 atom stereocenters. The zero-order valence-corrected chi connectivity index (χ0v) is 12.4. The molecule has 0 fully saturated rings. The smallest absolute Gasteiger partial charge is 0.271 e. The molecule has 2 aromatic carbocycles. The van der Waals surface area contributed by atoms with Gasteiger partial charge < -0.3 is 5.32 Å². The summed E-state index contributed by atoms with van der Waals surface area (Å²) >= 11 is 5.65. The summed E-state index contributed by atoms with van der Waals surface area (Å²) in [6.07, 6.45) is -0.189. The highest BCUT2D eigenvalue weighted by molar-refractivity contribution is 6.30. The second-order valence-electron chi connectivity index (χ2n) is 4.72. The zero-order valence-electron chi connectivity index (χ0n) is 11.6. The van der Waals surface area contributed by atoms with Gasteiger partial charge in [-0.25, -0.2) is 4.39 Å². The van der Waals surface area contributed by atoms with Crippen LogP contribution in [-0.4, -0.2) is 10.8 Å². The van der Waals surface area contributed by atoms with Gasteiger partial charge in [0, 0.05) is 17.2 Å². The number of anilines is 1. The first kappa shape index (κ1) is 15.9. The van der Waals surface area contributed by atoms with Crippen molar-refractivity contribution in [3.8, 4) is 0 Å². The third-order valence-corrected chi connectivity index (χ3v) is 3.31. The molecule has 0 aliphatic heterocycles. The summed E-state index contributed by atoms with van der Waals surface area (Å²) in [5.74, 6) is -1.04. The molecule has 7 heteroatoms. The lowest BCUT2D eigenvalue weighted by Gasteiger charge is -2.09. The maximum atomic E-state index is 13.6. The van der Waals surface area contributed by atoms with Gasteiger partial charge in [0.25, 0.3) is 5.69 Å². The van der Waals surface area contributed by atoms with Gasteiger partial charge in [0.1, 0.15) is 5.82 Å². The second kappa shape index (κ2) is 6.53. The minimum Gasteiger partial charge on any atom is -0.325 e. The summed E-state index contributed by atoms with van der Waals surface area (Å²) in [5.41, 5.74) is 1.08. The van der Waals surface area contributed by atoms with E-state index in [0.29, 0.717) is 11.3 Å². The molecule has 22 heavy (non-hydrogen) atoms. The number of amides is 1. The summed E-state index contributed by atoms with van der Waals surface area (Å²) in [6.45, 7) is 1.71. The largest absolute Gasteiger partial charge is 0.325 e. The molecule has 0 spiro atoms. The highest BCUT2D eigenvalue weighted by Gasteiger charge is 2.13. The number of hydrogen-bond donors (Lipinski definition) is 1. The van der Waals surface area contributed by atoms with E-state index in [1.54, 1.807) is 6.92 Å². The van der Waals surface area contributed by atoms with Gasteiger partial charge in [-0.15, -0.1) is 0 Å². The summed E-state index contributed by atoms with van der Waals surface area (Å²) < 4.78 is 13.6. The SMILES string of the molecule is Cc1ccc([N+](=O)[O-])cc1NC(=O)Cc1ccc(Cl)cc1F. The molecule has 0 heterocycles. The monoisotopic (exact) mass is 322 g/mol. The summed E-state index contributed by atoms with van der Waals surface area (Å²) in [6, 6.07) is 8.21. The lowest BCUT2D eigenvalue weighted by Crippen LogP contribution is -2.16. The van der Waals surface area contributed by atoms with E-state index in [4.69, 9.17) is 11.6 Å². The van der Waals surface area contributed by atoms with Crippen LogP contribution in [-0.2, 0) is 11.2 Å².